The van der Waals surface area contributed by atoms with Gasteiger partial charge in [0.25, 0.3) is 0 Å². The van der Waals surface area contributed by atoms with Crippen molar-refractivity contribution in [2.75, 3.05) is 0 Å². The van der Waals surface area contributed by atoms with Gasteiger partial charge in [-0.25, -0.2) is 4.98 Å². The minimum atomic E-state index is -1.36. The van der Waals surface area contributed by atoms with Gasteiger partial charge in [0.1, 0.15) is 5.60 Å². The van der Waals surface area contributed by atoms with Crippen LogP contribution in [0.1, 0.15) is 16.7 Å². The molecule has 0 spiro atoms. The molecule has 3 aromatic heterocycles. The fourth-order valence-electron chi connectivity index (χ4n) is 5.00. The van der Waals surface area contributed by atoms with Gasteiger partial charge < -0.3 is 5.11 Å². The molecule has 0 radical (unpaired) electrons. The Bertz CT molecular complexity index is 1770. The van der Waals surface area contributed by atoms with Crippen molar-refractivity contribution in [2.24, 2.45) is 7.05 Å². The molecule has 39 heavy (non-hydrogen) atoms. The van der Waals surface area contributed by atoms with E-state index in [1.54, 1.807) is 35.4 Å². The largest absolute Gasteiger partial charge is 0.380 e. The summed E-state index contributed by atoms with van der Waals surface area (Å²) in [4.78, 5) is 9.29. The second-order valence-corrected chi connectivity index (χ2v) is 10.4. The average Bonchev–Trinajstić information content (AvgIpc) is 3.40. The van der Waals surface area contributed by atoms with E-state index in [-0.39, 0.29) is 0 Å². The highest BCUT2D eigenvalue weighted by Crippen LogP contribution is 2.42. The summed E-state index contributed by atoms with van der Waals surface area (Å²) in [5, 5.41) is 18.6. The Kier molecular flexibility index (Phi) is 6.65. The van der Waals surface area contributed by atoms with Crippen molar-refractivity contribution >= 4 is 34.1 Å². The van der Waals surface area contributed by atoms with E-state index >= 15 is 0 Å². The molecule has 0 aliphatic rings. The van der Waals surface area contributed by atoms with E-state index in [4.69, 9.17) is 28.2 Å². The Morgan fingerprint density at radius 1 is 0.846 bits per heavy atom. The third-order valence-corrected chi connectivity index (χ3v) is 7.59. The second-order valence-electron chi connectivity index (χ2n) is 9.56. The van der Waals surface area contributed by atoms with Crippen molar-refractivity contribution in [3.63, 3.8) is 0 Å². The fraction of sp³-hybridized carbons (Fsp3) is 0.0938. The van der Waals surface area contributed by atoms with Crippen molar-refractivity contribution < 1.29 is 5.11 Å². The Hall–Kier alpha value is -4.03. The lowest BCUT2D eigenvalue weighted by Gasteiger charge is -2.30. The number of hydrogen-bond acceptors (Lipinski definition) is 4. The first-order valence-corrected chi connectivity index (χ1v) is 13.2. The zero-order valence-corrected chi connectivity index (χ0v) is 22.6. The molecule has 3 heterocycles. The molecule has 0 amide bonds. The van der Waals surface area contributed by atoms with Crippen molar-refractivity contribution in [1.29, 1.82) is 0 Å². The lowest BCUT2D eigenvalue weighted by Crippen LogP contribution is -2.30. The standard InChI is InChI=1S/C32H24Cl2N4O/c1-38-20-23(19-36-38)31-29(22-7-3-2-4-8-22)30(34)27-16-25(11-14-28(27)37-31)32(39,17-21-6-5-15-35-18-21)24-9-12-26(33)13-10-24/h2-16,18-20,39H,17H2,1H3. The van der Waals surface area contributed by atoms with Gasteiger partial charge in [0.05, 0.1) is 22.4 Å². The van der Waals surface area contributed by atoms with Crippen molar-refractivity contribution in [2.45, 2.75) is 12.0 Å². The first kappa shape index (κ1) is 25.3. The van der Waals surface area contributed by atoms with Gasteiger partial charge in [0.15, 0.2) is 0 Å². The molecule has 0 aliphatic carbocycles. The summed E-state index contributed by atoms with van der Waals surface area (Å²) in [7, 11) is 1.88. The molecule has 192 valence electrons. The zero-order valence-electron chi connectivity index (χ0n) is 21.1. The number of benzene rings is 3. The van der Waals surface area contributed by atoms with Gasteiger partial charge in [-0.3, -0.25) is 9.67 Å². The number of pyridine rings is 2. The molecular weight excluding hydrogens is 527 g/mol. The molecule has 0 saturated carbocycles. The highest BCUT2D eigenvalue weighted by molar-refractivity contribution is 6.39. The maximum absolute atomic E-state index is 12.3. The molecule has 0 aliphatic heterocycles. The Morgan fingerprint density at radius 3 is 2.31 bits per heavy atom. The van der Waals surface area contributed by atoms with Gasteiger partial charge in [-0.1, -0.05) is 77.8 Å². The van der Waals surface area contributed by atoms with Crippen molar-refractivity contribution in [1.82, 2.24) is 19.7 Å². The number of aliphatic hydroxyl groups is 1. The number of aryl methyl sites for hydroxylation is 1. The van der Waals surface area contributed by atoms with E-state index < -0.39 is 5.60 Å². The summed E-state index contributed by atoms with van der Waals surface area (Å²) in [6.45, 7) is 0. The highest BCUT2D eigenvalue weighted by atomic mass is 35.5. The van der Waals surface area contributed by atoms with Gasteiger partial charge in [0, 0.05) is 53.6 Å². The molecule has 1 atom stereocenters. The molecule has 0 saturated heterocycles. The summed E-state index contributed by atoms with van der Waals surface area (Å²) >= 11 is 13.4. The number of halogens is 2. The topological polar surface area (TPSA) is 63.8 Å². The van der Waals surface area contributed by atoms with E-state index in [0.29, 0.717) is 22.0 Å². The van der Waals surface area contributed by atoms with E-state index in [2.05, 4.69) is 10.1 Å². The molecule has 6 rings (SSSR count). The Morgan fingerprint density at radius 2 is 1.62 bits per heavy atom. The summed E-state index contributed by atoms with van der Waals surface area (Å²) in [6.07, 6.45) is 7.52. The van der Waals surface area contributed by atoms with Gasteiger partial charge in [-0.15, -0.1) is 0 Å². The minimum Gasteiger partial charge on any atom is -0.380 e. The van der Waals surface area contributed by atoms with Gasteiger partial charge in [0.2, 0.25) is 0 Å². The first-order chi connectivity index (χ1) is 18.9. The summed E-state index contributed by atoms with van der Waals surface area (Å²) < 4.78 is 1.75. The van der Waals surface area contributed by atoms with E-state index in [1.807, 2.05) is 86.0 Å². The number of rotatable bonds is 6. The summed E-state index contributed by atoms with van der Waals surface area (Å²) in [5.41, 5.74) is 5.06. The molecule has 3 aromatic carbocycles. The minimum absolute atomic E-state index is 0.318. The second kappa shape index (κ2) is 10.3. The van der Waals surface area contributed by atoms with E-state index in [0.717, 1.165) is 44.4 Å². The molecule has 0 bridgehead atoms. The van der Waals surface area contributed by atoms with Crippen LogP contribution < -0.4 is 0 Å². The van der Waals surface area contributed by atoms with Gasteiger partial charge in [-0.2, -0.15) is 5.10 Å². The van der Waals surface area contributed by atoms with Crippen LogP contribution >= 0.6 is 23.2 Å². The lowest BCUT2D eigenvalue weighted by molar-refractivity contribution is 0.0812. The molecule has 7 heteroatoms. The Balaban J connectivity index is 1.58. The van der Waals surface area contributed by atoms with Crippen LogP contribution in [0, 0.1) is 0 Å². The molecule has 1 N–H and O–H groups in total. The van der Waals surface area contributed by atoms with Crippen LogP contribution in [0.2, 0.25) is 10.0 Å². The van der Waals surface area contributed by atoms with Crippen LogP contribution in [0.25, 0.3) is 33.3 Å². The number of hydrogen-bond donors (Lipinski definition) is 1. The molecular formula is C32H24Cl2N4O. The number of nitrogens with zero attached hydrogens (tertiary/aromatic N) is 4. The van der Waals surface area contributed by atoms with Crippen LogP contribution in [-0.2, 0) is 19.1 Å². The van der Waals surface area contributed by atoms with E-state index in [1.165, 1.54) is 0 Å². The highest BCUT2D eigenvalue weighted by Gasteiger charge is 2.33. The predicted octanol–water partition coefficient (Wildman–Crippen LogP) is 7.48. The smallest absolute Gasteiger partial charge is 0.119 e. The number of fused-ring (bicyclic) bond motifs is 1. The summed E-state index contributed by atoms with van der Waals surface area (Å²) in [6, 6.07) is 26.8. The van der Waals surface area contributed by atoms with Crippen LogP contribution in [0.5, 0.6) is 0 Å². The Labute approximate surface area is 236 Å². The molecule has 1 unspecified atom stereocenters. The normalized spacial score (nSPS) is 12.9. The van der Waals surface area contributed by atoms with Crippen LogP contribution in [0.3, 0.4) is 0 Å². The molecule has 5 nitrogen and oxygen atoms in total. The fourth-order valence-corrected chi connectivity index (χ4v) is 5.47. The van der Waals surface area contributed by atoms with Crippen molar-refractivity contribution in [3.05, 3.63) is 136 Å². The lowest BCUT2D eigenvalue weighted by atomic mass is 9.81. The summed E-state index contributed by atoms with van der Waals surface area (Å²) in [5.74, 6) is 0. The third-order valence-electron chi connectivity index (χ3n) is 6.94. The first-order valence-electron chi connectivity index (χ1n) is 12.5. The number of aromatic nitrogens is 4. The maximum Gasteiger partial charge on any atom is 0.119 e. The maximum atomic E-state index is 12.3. The van der Waals surface area contributed by atoms with Crippen LogP contribution in [-0.4, -0.2) is 24.9 Å². The SMILES string of the molecule is Cn1cc(-c2nc3ccc(C(O)(Cc4cccnc4)c4ccc(Cl)cc4)cc3c(Cl)c2-c2ccccc2)cn1. The quantitative estimate of drug-likeness (QED) is 0.233. The molecule has 6 aromatic rings. The van der Waals surface area contributed by atoms with Gasteiger partial charge >= 0.3 is 0 Å². The van der Waals surface area contributed by atoms with E-state index in [9.17, 15) is 5.11 Å². The van der Waals surface area contributed by atoms with Crippen molar-refractivity contribution in [3.8, 4) is 22.4 Å². The third kappa shape index (κ3) is 4.81. The monoisotopic (exact) mass is 550 g/mol. The average molecular weight is 551 g/mol. The van der Waals surface area contributed by atoms with Crippen LogP contribution in [0.4, 0.5) is 0 Å². The predicted molar refractivity (Wildman–Crippen MR) is 157 cm³/mol. The van der Waals surface area contributed by atoms with Gasteiger partial charge in [-0.05, 0) is 52.6 Å². The molecule has 0 fully saturated rings. The zero-order chi connectivity index (χ0) is 27.0. The van der Waals surface area contributed by atoms with Crippen LogP contribution in [0.15, 0.2) is 110 Å².